The van der Waals surface area contributed by atoms with E-state index in [1.54, 1.807) is 12.1 Å². The molecule has 2 rings (SSSR count). The van der Waals surface area contributed by atoms with Crippen LogP contribution in [0.25, 0.3) is 0 Å². The number of carbonyl (C=O) groups is 1. The van der Waals surface area contributed by atoms with Crippen LogP contribution in [0.15, 0.2) is 18.2 Å². The van der Waals surface area contributed by atoms with Crippen LogP contribution >= 0.6 is 0 Å². The molecule has 0 aliphatic heterocycles. The van der Waals surface area contributed by atoms with Crippen LogP contribution in [0.5, 0.6) is 0 Å². The maximum absolute atomic E-state index is 13.7. The molecule has 1 aromatic carbocycles. The fourth-order valence-corrected chi connectivity index (χ4v) is 2.75. The number of rotatable bonds is 2. The van der Waals surface area contributed by atoms with Gasteiger partial charge in [-0.3, -0.25) is 4.79 Å². The molecule has 0 radical (unpaired) electrons. The summed E-state index contributed by atoms with van der Waals surface area (Å²) in [5.74, 6) is 0.596. The molecule has 19 heavy (non-hydrogen) atoms. The third-order valence-electron chi connectivity index (χ3n) is 4.30. The Bertz CT molecular complexity index is 472. The zero-order chi connectivity index (χ0) is 14.0. The van der Waals surface area contributed by atoms with Crippen LogP contribution in [-0.4, -0.2) is 11.9 Å². The number of hydrogen-bond acceptors (Lipinski definition) is 1. The van der Waals surface area contributed by atoms with Crippen LogP contribution < -0.4 is 5.32 Å². The first kappa shape index (κ1) is 14.0. The van der Waals surface area contributed by atoms with E-state index in [4.69, 9.17) is 0 Å². The minimum absolute atomic E-state index is 0.159. The van der Waals surface area contributed by atoms with Gasteiger partial charge in [-0.25, -0.2) is 4.39 Å². The van der Waals surface area contributed by atoms with Crippen molar-refractivity contribution in [2.75, 3.05) is 0 Å². The molecule has 3 heteroatoms. The summed E-state index contributed by atoms with van der Waals surface area (Å²) in [6.07, 6.45) is 3.10. The third-order valence-corrected chi connectivity index (χ3v) is 4.30. The van der Waals surface area contributed by atoms with Gasteiger partial charge in [0, 0.05) is 6.04 Å². The lowest BCUT2D eigenvalue weighted by Gasteiger charge is -2.32. The Balaban J connectivity index is 2.03. The summed E-state index contributed by atoms with van der Waals surface area (Å²) in [7, 11) is 0. The van der Waals surface area contributed by atoms with Gasteiger partial charge in [0.1, 0.15) is 5.82 Å². The first-order valence-corrected chi connectivity index (χ1v) is 7.04. The molecule has 3 unspecified atom stereocenters. The number of carbonyl (C=O) groups excluding carboxylic acids is 1. The van der Waals surface area contributed by atoms with Crippen LogP contribution in [-0.2, 0) is 0 Å². The van der Waals surface area contributed by atoms with Crippen molar-refractivity contribution in [3.63, 3.8) is 0 Å². The van der Waals surface area contributed by atoms with E-state index in [1.165, 1.54) is 6.07 Å². The first-order chi connectivity index (χ1) is 8.97. The topological polar surface area (TPSA) is 29.1 Å². The summed E-state index contributed by atoms with van der Waals surface area (Å²) < 4.78 is 13.7. The SMILES string of the molecule is Cc1ccc(F)c(C(=O)NC2CCC(C)C(C)C2)c1. The third kappa shape index (κ3) is 3.34. The van der Waals surface area contributed by atoms with Gasteiger partial charge in [0.15, 0.2) is 0 Å². The Kier molecular flexibility index (Phi) is 4.23. The van der Waals surface area contributed by atoms with Crippen LogP contribution in [0.3, 0.4) is 0 Å². The van der Waals surface area contributed by atoms with E-state index in [2.05, 4.69) is 19.2 Å². The van der Waals surface area contributed by atoms with Crippen molar-refractivity contribution >= 4 is 5.91 Å². The number of halogens is 1. The Hall–Kier alpha value is -1.38. The summed E-state index contributed by atoms with van der Waals surface area (Å²) in [6, 6.07) is 4.82. The second kappa shape index (κ2) is 5.72. The average Bonchev–Trinajstić information content (AvgIpc) is 2.36. The fraction of sp³-hybridized carbons (Fsp3) is 0.562. The highest BCUT2D eigenvalue weighted by molar-refractivity contribution is 5.94. The maximum atomic E-state index is 13.7. The van der Waals surface area contributed by atoms with Crippen molar-refractivity contribution in [1.29, 1.82) is 0 Å². The molecule has 1 saturated carbocycles. The van der Waals surface area contributed by atoms with Crippen LogP contribution in [0.2, 0.25) is 0 Å². The number of aryl methyl sites for hydroxylation is 1. The standard InChI is InChI=1S/C16H22FNO/c1-10-4-7-15(17)14(8-10)16(19)18-13-6-5-11(2)12(3)9-13/h4,7-8,11-13H,5-6,9H2,1-3H3,(H,18,19). The summed E-state index contributed by atoms with van der Waals surface area (Å²) in [5.41, 5.74) is 1.06. The Morgan fingerprint density at radius 1 is 1.26 bits per heavy atom. The minimum Gasteiger partial charge on any atom is -0.349 e. The Labute approximate surface area is 114 Å². The molecule has 104 valence electrons. The number of benzene rings is 1. The molecule has 1 aliphatic carbocycles. The van der Waals surface area contributed by atoms with Gasteiger partial charge in [0.05, 0.1) is 5.56 Å². The zero-order valence-electron chi connectivity index (χ0n) is 11.9. The molecule has 3 atom stereocenters. The predicted octanol–water partition coefficient (Wildman–Crippen LogP) is 3.69. The molecular weight excluding hydrogens is 241 g/mol. The van der Waals surface area contributed by atoms with Crippen molar-refractivity contribution in [2.45, 2.75) is 46.1 Å². The molecule has 0 aromatic heterocycles. The molecule has 1 N–H and O–H groups in total. The molecule has 1 fully saturated rings. The van der Waals surface area contributed by atoms with Gasteiger partial charge in [0.25, 0.3) is 5.91 Å². The normalized spacial score (nSPS) is 27.1. The van der Waals surface area contributed by atoms with Gasteiger partial charge in [0.2, 0.25) is 0 Å². The van der Waals surface area contributed by atoms with Crippen molar-refractivity contribution in [1.82, 2.24) is 5.32 Å². The van der Waals surface area contributed by atoms with Gasteiger partial charge in [-0.2, -0.15) is 0 Å². The van der Waals surface area contributed by atoms with E-state index in [0.717, 1.165) is 24.8 Å². The lowest BCUT2D eigenvalue weighted by Crippen LogP contribution is -2.40. The van der Waals surface area contributed by atoms with E-state index in [9.17, 15) is 9.18 Å². The smallest absolute Gasteiger partial charge is 0.254 e. The maximum Gasteiger partial charge on any atom is 0.254 e. The molecule has 0 saturated heterocycles. The largest absolute Gasteiger partial charge is 0.349 e. The van der Waals surface area contributed by atoms with Crippen molar-refractivity contribution in [2.24, 2.45) is 11.8 Å². The van der Waals surface area contributed by atoms with E-state index < -0.39 is 5.82 Å². The number of hydrogen-bond donors (Lipinski definition) is 1. The second-order valence-corrected chi connectivity index (χ2v) is 5.92. The number of nitrogens with one attached hydrogen (secondary N) is 1. The highest BCUT2D eigenvalue weighted by Gasteiger charge is 2.26. The van der Waals surface area contributed by atoms with Gasteiger partial charge < -0.3 is 5.32 Å². The molecule has 1 aromatic rings. The Morgan fingerprint density at radius 2 is 2.00 bits per heavy atom. The Morgan fingerprint density at radius 3 is 2.68 bits per heavy atom. The second-order valence-electron chi connectivity index (χ2n) is 5.92. The first-order valence-electron chi connectivity index (χ1n) is 7.04. The van der Waals surface area contributed by atoms with Gasteiger partial charge in [-0.1, -0.05) is 25.5 Å². The number of amides is 1. The summed E-state index contributed by atoms with van der Waals surface area (Å²) in [4.78, 5) is 12.1. The lowest BCUT2D eigenvalue weighted by molar-refractivity contribution is 0.0906. The zero-order valence-corrected chi connectivity index (χ0v) is 11.9. The molecule has 1 aliphatic rings. The quantitative estimate of drug-likeness (QED) is 0.866. The van der Waals surface area contributed by atoms with Crippen molar-refractivity contribution in [3.8, 4) is 0 Å². The van der Waals surface area contributed by atoms with Gasteiger partial charge >= 0.3 is 0 Å². The minimum atomic E-state index is -0.444. The van der Waals surface area contributed by atoms with Gasteiger partial charge in [-0.15, -0.1) is 0 Å². The molecule has 0 heterocycles. The van der Waals surface area contributed by atoms with E-state index in [0.29, 0.717) is 11.8 Å². The molecule has 2 nitrogen and oxygen atoms in total. The predicted molar refractivity (Wildman–Crippen MR) is 74.6 cm³/mol. The van der Waals surface area contributed by atoms with E-state index >= 15 is 0 Å². The van der Waals surface area contributed by atoms with E-state index in [-0.39, 0.29) is 17.5 Å². The van der Waals surface area contributed by atoms with E-state index in [1.807, 2.05) is 6.92 Å². The monoisotopic (exact) mass is 263 g/mol. The molecular formula is C16H22FNO. The van der Waals surface area contributed by atoms with Crippen LogP contribution in [0, 0.1) is 24.6 Å². The molecule has 0 bridgehead atoms. The summed E-state index contributed by atoms with van der Waals surface area (Å²) >= 11 is 0. The van der Waals surface area contributed by atoms with Crippen LogP contribution in [0.4, 0.5) is 4.39 Å². The summed E-state index contributed by atoms with van der Waals surface area (Å²) in [5, 5.41) is 2.98. The lowest BCUT2D eigenvalue weighted by atomic mass is 9.79. The van der Waals surface area contributed by atoms with Crippen molar-refractivity contribution < 1.29 is 9.18 Å². The summed E-state index contributed by atoms with van der Waals surface area (Å²) in [6.45, 7) is 6.33. The molecule has 0 spiro atoms. The fourth-order valence-electron chi connectivity index (χ4n) is 2.75. The van der Waals surface area contributed by atoms with Crippen LogP contribution in [0.1, 0.15) is 49.0 Å². The molecule has 1 amide bonds. The highest BCUT2D eigenvalue weighted by atomic mass is 19.1. The highest BCUT2D eigenvalue weighted by Crippen LogP contribution is 2.29. The average molecular weight is 263 g/mol. The van der Waals surface area contributed by atoms with Crippen molar-refractivity contribution in [3.05, 3.63) is 35.1 Å². The van der Waals surface area contributed by atoms with Gasteiger partial charge in [-0.05, 0) is 50.2 Å².